The lowest BCUT2D eigenvalue weighted by molar-refractivity contribution is -0.119. The maximum absolute atomic E-state index is 12.2. The van der Waals surface area contributed by atoms with Gasteiger partial charge in [0.2, 0.25) is 5.91 Å². The largest absolute Gasteiger partial charge is 0.396 e. The van der Waals surface area contributed by atoms with Crippen LogP contribution in [0.4, 0.5) is 11.4 Å². The van der Waals surface area contributed by atoms with Crippen molar-refractivity contribution >= 4 is 17.3 Å². The van der Waals surface area contributed by atoms with E-state index in [9.17, 15) is 4.79 Å². The van der Waals surface area contributed by atoms with Crippen LogP contribution < -0.4 is 10.6 Å². The van der Waals surface area contributed by atoms with Crippen molar-refractivity contribution in [1.82, 2.24) is 9.78 Å². The van der Waals surface area contributed by atoms with Gasteiger partial charge in [0.25, 0.3) is 0 Å². The highest BCUT2D eigenvalue weighted by molar-refractivity contribution is 5.93. The normalized spacial score (nSPS) is 10.5. The number of rotatable bonds is 3. The topological polar surface area (TPSA) is 64.2 Å². The number of anilines is 2. The van der Waals surface area contributed by atoms with E-state index in [0.29, 0.717) is 5.69 Å². The summed E-state index contributed by atoms with van der Waals surface area (Å²) in [4.78, 5) is 13.8. The van der Waals surface area contributed by atoms with Gasteiger partial charge in [-0.3, -0.25) is 9.48 Å². The van der Waals surface area contributed by atoms with Gasteiger partial charge in [-0.15, -0.1) is 0 Å². The fourth-order valence-corrected chi connectivity index (χ4v) is 2.03. The van der Waals surface area contributed by atoms with Crippen LogP contribution in [0.3, 0.4) is 0 Å². The first-order valence-corrected chi connectivity index (χ1v) is 6.09. The number of benzene rings is 1. The zero-order valence-electron chi connectivity index (χ0n) is 11.4. The molecule has 0 aliphatic carbocycles. The maximum Gasteiger partial charge on any atom is 0.248 e. The second-order valence-electron chi connectivity index (χ2n) is 4.71. The van der Waals surface area contributed by atoms with Crippen molar-refractivity contribution in [1.29, 1.82) is 0 Å². The number of nitrogen functional groups attached to an aromatic ring is 1. The second kappa shape index (κ2) is 5.14. The van der Waals surface area contributed by atoms with Gasteiger partial charge in [-0.25, -0.2) is 0 Å². The first-order valence-electron chi connectivity index (χ1n) is 6.09. The fraction of sp³-hybridized carbons (Fsp3) is 0.286. The van der Waals surface area contributed by atoms with E-state index in [1.165, 1.54) is 16.4 Å². The predicted molar refractivity (Wildman–Crippen MR) is 76.0 cm³/mol. The van der Waals surface area contributed by atoms with Gasteiger partial charge in [-0.05, 0) is 25.5 Å². The molecule has 5 nitrogen and oxygen atoms in total. The Hall–Kier alpha value is -2.30. The summed E-state index contributed by atoms with van der Waals surface area (Å²) < 4.78 is 1.54. The Morgan fingerprint density at radius 3 is 2.74 bits per heavy atom. The van der Waals surface area contributed by atoms with E-state index in [4.69, 9.17) is 5.73 Å². The van der Waals surface area contributed by atoms with E-state index in [0.717, 1.165) is 11.3 Å². The molecule has 2 aromatic rings. The van der Waals surface area contributed by atoms with E-state index >= 15 is 0 Å². The SMILES string of the molecule is Cc1ccc(N(C)C(=O)Cn2cc(N)cn2)c(C)c1. The van der Waals surface area contributed by atoms with E-state index in [1.54, 1.807) is 18.1 Å². The minimum absolute atomic E-state index is 0.0324. The molecule has 1 heterocycles. The van der Waals surface area contributed by atoms with Crippen LogP contribution in [0.1, 0.15) is 11.1 Å². The van der Waals surface area contributed by atoms with Crippen molar-refractivity contribution < 1.29 is 4.79 Å². The number of amides is 1. The summed E-state index contributed by atoms with van der Waals surface area (Å²) in [6.07, 6.45) is 3.18. The van der Waals surface area contributed by atoms with Gasteiger partial charge in [0.1, 0.15) is 6.54 Å². The summed E-state index contributed by atoms with van der Waals surface area (Å²) >= 11 is 0. The third kappa shape index (κ3) is 2.93. The van der Waals surface area contributed by atoms with Crippen molar-refractivity contribution in [2.75, 3.05) is 17.7 Å². The fourth-order valence-electron chi connectivity index (χ4n) is 2.03. The van der Waals surface area contributed by atoms with Crippen LogP contribution >= 0.6 is 0 Å². The first-order chi connectivity index (χ1) is 8.97. The van der Waals surface area contributed by atoms with Gasteiger partial charge in [-0.1, -0.05) is 17.7 Å². The lowest BCUT2D eigenvalue weighted by Crippen LogP contribution is -2.30. The number of hydrogen-bond donors (Lipinski definition) is 1. The molecule has 1 aromatic carbocycles. The molecule has 0 bridgehead atoms. The zero-order valence-corrected chi connectivity index (χ0v) is 11.4. The summed E-state index contributed by atoms with van der Waals surface area (Å²) in [6.45, 7) is 4.21. The molecule has 0 spiro atoms. The summed E-state index contributed by atoms with van der Waals surface area (Å²) in [5.74, 6) is -0.0324. The molecule has 0 saturated heterocycles. The Bertz CT molecular complexity index is 603. The minimum atomic E-state index is -0.0324. The maximum atomic E-state index is 12.2. The van der Waals surface area contributed by atoms with Crippen LogP contribution in [-0.4, -0.2) is 22.7 Å². The molecule has 1 aromatic heterocycles. The molecule has 0 unspecified atom stereocenters. The van der Waals surface area contributed by atoms with E-state index in [2.05, 4.69) is 11.2 Å². The Labute approximate surface area is 112 Å². The number of aryl methyl sites for hydroxylation is 2. The number of hydrogen-bond acceptors (Lipinski definition) is 3. The summed E-state index contributed by atoms with van der Waals surface area (Å²) in [5, 5.41) is 4.01. The van der Waals surface area contributed by atoms with Crippen LogP contribution in [0.5, 0.6) is 0 Å². The van der Waals surface area contributed by atoms with Crippen LogP contribution in [0, 0.1) is 13.8 Å². The third-order valence-electron chi connectivity index (χ3n) is 3.04. The van der Waals surface area contributed by atoms with Crippen LogP contribution in [0.15, 0.2) is 30.6 Å². The highest BCUT2D eigenvalue weighted by Gasteiger charge is 2.13. The van der Waals surface area contributed by atoms with E-state index in [1.807, 2.05) is 26.0 Å². The van der Waals surface area contributed by atoms with Gasteiger partial charge in [0.15, 0.2) is 0 Å². The molecule has 100 valence electrons. The molecule has 0 aliphatic rings. The number of carbonyl (C=O) groups excluding carboxylic acids is 1. The Kier molecular flexibility index (Phi) is 3.55. The highest BCUT2D eigenvalue weighted by Crippen LogP contribution is 2.20. The van der Waals surface area contributed by atoms with Crippen molar-refractivity contribution in [2.24, 2.45) is 0 Å². The molecule has 0 radical (unpaired) electrons. The van der Waals surface area contributed by atoms with Crippen LogP contribution in [0.25, 0.3) is 0 Å². The third-order valence-corrected chi connectivity index (χ3v) is 3.04. The standard InChI is InChI=1S/C14H18N4O/c1-10-4-5-13(11(2)6-10)17(3)14(19)9-18-8-12(15)7-16-18/h4-8H,9,15H2,1-3H3. The average molecular weight is 258 g/mol. The molecular weight excluding hydrogens is 240 g/mol. The van der Waals surface area contributed by atoms with Crippen LogP contribution in [-0.2, 0) is 11.3 Å². The summed E-state index contributed by atoms with van der Waals surface area (Å²) in [7, 11) is 1.77. The second-order valence-corrected chi connectivity index (χ2v) is 4.71. The summed E-state index contributed by atoms with van der Waals surface area (Å²) in [6, 6.07) is 6.02. The van der Waals surface area contributed by atoms with E-state index in [-0.39, 0.29) is 12.5 Å². The number of nitrogens with zero attached hydrogens (tertiary/aromatic N) is 3. The summed E-state index contributed by atoms with van der Waals surface area (Å²) in [5.41, 5.74) is 9.31. The predicted octanol–water partition coefficient (Wildman–Crippen LogP) is 1.75. The minimum Gasteiger partial charge on any atom is -0.396 e. The lowest BCUT2D eigenvalue weighted by Gasteiger charge is -2.20. The van der Waals surface area contributed by atoms with Gasteiger partial charge < -0.3 is 10.6 Å². The Morgan fingerprint density at radius 2 is 2.16 bits per heavy atom. The molecule has 2 N–H and O–H groups in total. The quantitative estimate of drug-likeness (QED) is 0.912. The van der Waals surface area contributed by atoms with E-state index < -0.39 is 0 Å². The Morgan fingerprint density at radius 1 is 1.42 bits per heavy atom. The lowest BCUT2D eigenvalue weighted by atomic mass is 10.1. The molecule has 1 amide bonds. The van der Waals surface area contributed by atoms with Crippen molar-refractivity contribution in [3.05, 3.63) is 41.7 Å². The molecule has 0 saturated carbocycles. The van der Waals surface area contributed by atoms with Gasteiger partial charge in [-0.2, -0.15) is 5.10 Å². The first kappa shape index (κ1) is 13.1. The van der Waals surface area contributed by atoms with Gasteiger partial charge >= 0.3 is 0 Å². The molecule has 0 atom stereocenters. The van der Waals surface area contributed by atoms with Gasteiger partial charge in [0.05, 0.1) is 11.9 Å². The molecule has 19 heavy (non-hydrogen) atoms. The van der Waals surface area contributed by atoms with Crippen molar-refractivity contribution in [3.8, 4) is 0 Å². The Balaban J connectivity index is 2.14. The van der Waals surface area contributed by atoms with Crippen molar-refractivity contribution in [2.45, 2.75) is 20.4 Å². The zero-order chi connectivity index (χ0) is 14.0. The monoisotopic (exact) mass is 258 g/mol. The smallest absolute Gasteiger partial charge is 0.248 e. The molecule has 0 fully saturated rings. The van der Waals surface area contributed by atoms with Crippen LogP contribution in [0.2, 0.25) is 0 Å². The number of nitrogens with two attached hydrogens (primary N) is 1. The highest BCUT2D eigenvalue weighted by atomic mass is 16.2. The average Bonchev–Trinajstić information content (AvgIpc) is 2.74. The van der Waals surface area contributed by atoms with Crippen molar-refractivity contribution in [3.63, 3.8) is 0 Å². The number of likely N-dealkylation sites (N-methyl/N-ethyl adjacent to an activating group) is 1. The number of aromatic nitrogens is 2. The molecular formula is C14H18N4O. The van der Waals surface area contributed by atoms with Gasteiger partial charge in [0, 0.05) is 18.9 Å². The molecule has 5 heteroatoms. The number of carbonyl (C=O) groups is 1. The molecule has 2 rings (SSSR count). The molecule has 0 aliphatic heterocycles.